The van der Waals surface area contributed by atoms with E-state index in [4.69, 9.17) is 5.73 Å². The number of hydrogen-bond donors (Lipinski definition) is 3. The van der Waals surface area contributed by atoms with Crippen molar-refractivity contribution < 1.29 is 9.90 Å². The third-order valence-corrected chi connectivity index (χ3v) is 2.40. The van der Waals surface area contributed by atoms with Crippen LogP contribution in [0.15, 0.2) is 53.6 Å². The topological polar surface area (TPSA) is 87.7 Å². The van der Waals surface area contributed by atoms with Crippen LogP contribution in [0.25, 0.3) is 0 Å². The van der Waals surface area contributed by atoms with Crippen LogP contribution in [0.5, 0.6) is 5.75 Å². The number of nitrogen functional groups attached to an aromatic ring is 1. The molecule has 96 valence electrons. The number of phenolic OH excluding ortho intramolecular Hbond substituents is 1. The van der Waals surface area contributed by atoms with Gasteiger partial charge in [-0.3, -0.25) is 4.79 Å². The lowest BCUT2D eigenvalue weighted by atomic mass is 10.2. The van der Waals surface area contributed by atoms with Gasteiger partial charge in [-0.15, -0.1) is 0 Å². The summed E-state index contributed by atoms with van der Waals surface area (Å²) >= 11 is 0. The molecule has 2 rings (SSSR count). The van der Waals surface area contributed by atoms with E-state index < -0.39 is 0 Å². The maximum atomic E-state index is 11.7. The van der Waals surface area contributed by atoms with Crippen molar-refractivity contribution in [3.8, 4) is 5.75 Å². The summed E-state index contributed by atoms with van der Waals surface area (Å²) in [6.07, 6.45) is 1.45. The van der Waals surface area contributed by atoms with Crippen molar-refractivity contribution in [2.45, 2.75) is 0 Å². The number of benzene rings is 2. The second-order valence-electron chi connectivity index (χ2n) is 3.92. The van der Waals surface area contributed by atoms with E-state index in [9.17, 15) is 9.90 Å². The van der Waals surface area contributed by atoms with Gasteiger partial charge in [0.05, 0.1) is 6.21 Å². The molecule has 5 nitrogen and oxygen atoms in total. The zero-order chi connectivity index (χ0) is 13.7. The Hall–Kier alpha value is -2.82. The first-order valence-corrected chi connectivity index (χ1v) is 5.63. The number of hydrazone groups is 1. The third-order valence-electron chi connectivity index (χ3n) is 2.40. The number of carbonyl (C=O) groups is 1. The van der Waals surface area contributed by atoms with E-state index in [1.54, 1.807) is 42.5 Å². The van der Waals surface area contributed by atoms with Gasteiger partial charge in [0.2, 0.25) is 0 Å². The molecule has 2 aromatic rings. The molecule has 0 fully saturated rings. The lowest BCUT2D eigenvalue weighted by molar-refractivity contribution is 0.0955. The Kier molecular flexibility index (Phi) is 3.78. The lowest BCUT2D eigenvalue weighted by Crippen LogP contribution is -2.17. The minimum absolute atomic E-state index is 0.145. The molecule has 0 radical (unpaired) electrons. The molecule has 0 heterocycles. The van der Waals surface area contributed by atoms with Gasteiger partial charge in [-0.2, -0.15) is 5.10 Å². The molecule has 0 aliphatic rings. The molecular weight excluding hydrogens is 242 g/mol. The number of carbonyl (C=O) groups excluding carboxylic acids is 1. The van der Waals surface area contributed by atoms with Crippen LogP contribution in [-0.2, 0) is 0 Å². The predicted molar refractivity (Wildman–Crippen MR) is 74.0 cm³/mol. The monoisotopic (exact) mass is 255 g/mol. The highest BCUT2D eigenvalue weighted by Gasteiger charge is 2.03. The van der Waals surface area contributed by atoms with Crippen LogP contribution in [-0.4, -0.2) is 17.2 Å². The highest BCUT2D eigenvalue weighted by Crippen LogP contribution is 2.09. The van der Waals surface area contributed by atoms with Crippen LogP contribution >= 0.6 is 0 Å². The molecule has 2 aromatic carbocycles. The number of amides is 1. The van der Waals surface area contributed by atoms with Gasteiger partial charge in [0.25, 0.3) is 5.91 Å². The van der Waals surface area contributed by atoms with E-state index in [1.165, 1.54) is 12.3 Å². The van der Waals surface area contributed by atoms with E-state index in [2.05, 4.69) is 10.5 Å². The fraction of sp³-hybridized carbons (Fsp3) is 0. The molecule has 0 saturated heterocycles. The molecule has 4 N–H and O–H groups in total. The van der Waals surface area contributed by atoms with Gasteiger partial charge in [-0.25, -0.2) is 5.43 Å². The summed E-state index contributed by atoms with van der Waals surface area (Å²) in [7, 11) is 0. The standard InChI is InChI=1S/C14H13N3O2/c15-12-5-2-4-11(8-12)14(19)17-16-9-10-3-1-6-13(18)7-10/h1-9,18H,15H2,(H,17,19)/b16-9-. The predicted octanol–water partition coefficient (Wildman–Crippen LogP) is 1.74. The summed E-state index contributed by atoms with van der Waals surface area (Å²) in [6, 6.07) is 13.2. The van der Waals surface area contributed by atoms with Crippen molar-refractivity contribution in [2.24, 2.45) is 5.10 Å². The summed E-state index contributed by atoms with van der Waals surface area (Å²) in [5.41, 5.74) is 9.62. The van der Waals surface area contributed by atoms with E-state index in [0.29, 0.717) is 16.8 Å². The Morgan fingerprint density at radius 2 is 2.00 bits per heavy atom. The first-order chi connectivity index (χ1) is 9.15. The third kappa shape index (κ3) is 3.57. The minimum Gasteiger partial charge on any atom is -0.508 e. The Balaban J connectivity index is 2.01. The van der Waals surface area contributed by atoms with E-state index in [0.717, 1.165) is 0 Å². The van der Waals surface area contributed by atoms with Gasteiger partial charge in [0.15, 0.2) is 0 Å². The molecule has 0 aromatic heterocycles. The number of nitrogens with zero attached hydrogens (tertiary/aromatic N) is 1. The molecule has 1 amide bonds. The maximum absolute atomic E-state index is 11.7. The number of anilines is 1. The maximum Gasteiger partial charge on any atom is 0.271 e. The van der Waals surface area contributed by atoms with E-state index in [-0.39, 0.29) is 11.7 Å². The number of nitrogens with one attached hydrogen (secondary N) is 1. The largest absolute Gasteiger partial charge is 0.508 e. The summed E-state index contributed by atoms with van der Waals surface area (Å²) in [4.78, 5) is 11.7. The van der Waals surface area contributed by atoms with Crippen LogP contribution in [0.4, 0.5) is 5.69 Å². The summed E-state index contributed by atoms with van der Waals surface area (Å²) < 4.78 is 0. The van der Waals surface area contributed by atoms with Crippen LogP contribution < -0.4 is 11.2 Å². The Labute approximate surface area is 110 Å². The molecule has 0 spiro atoms. The SMILES string of the molecule is Nc1cccc(C(=O)N/N=C\c2cccc(O)c2)c1. The average Bonchev–Trinajstić information content (AvgIpc) is 2.38. The first kappa shape index (κ1) is 12.6. The van der Waals surface area contributed by atoms with Crippen LogP contribution in [0.2, 0.25) is 0 Å². The highest BCUT2D eigenvalue weighted by atomic mass is 16.3. The van der Waals surface area contributed by atoms with Crippen LogP contribution in [0.3, 0.4) is 0 Å². The minimum atomic E-state index is -0.344. The second kappa shape index (κ2) is 5.68. The van der Waals surface area contributed by atoms with Crippen LogP contribution in [0, 0.1) is 0 Å². The molecule has 5 heteroatoms. The van der Waals surface area contributed by atoms with Gasteiger partial charge in [-0.05, 0) is 35.9 Å². The molecule has 0 aliphatic heterocycles. The quantitative estimate of drug-likeness (QED) is 0.443. The molecular formula is C14H13N3O2. The molecule has 0 unspecified atom stereocenters. The van der Waals surface area contributed by atoms with Crippen molar-refractivity contribution in [3.63, 3.8) is 0 Å². The molecule has 19 heavy (non-hydrogen) atoms. The van der Waals surface area contributed by atoms with E-state index in [1.807, 2.05) is 0 Å². The zero-order valence-electron chi connectivity index (χ0n) is 10.1. The van der Waals surface area contributed by atoms with Crippen molar-refractivity contribution in [2.75, 3.05) is 5.73 Å². The van der Waals surface area contributed by atoms with Gasteiger partial charge in [0.1, 0.15) is 5.75 Å². The number of aromatic hydroxyl groups is 1. The molecule has 0 saturated carbocycles. The number of hydrogen-bond acceptors (Lipinski definition) is 4. The van der Waals surface area contributed by atoms with Crippen LogP contribution in [0.1, 0.15) is 15.9 Å². The number of nitrogens with two attached hydrogens (primary N) is 1. The summed E-state index contributed by atoms with van der Waals surface area (Å²) in [6.45, 7) is 0. The fourth-order valence-corrected chi connectivity index (χ4v) is 1.51. The highest BCUT2D eigenvalue weighted by molar-refractivity contribution is 5.95. The average molecular weight is 255 g/mol. The lowest BCUT2D eigenvalue weighted by Gasteiger charge is -2.00. The second-order valence-corrected chi connectivity index (χ2v) is 3.92. The Morgan fingerprint density at radius 3 is 2.74 bits per heavy atom. The van der Waals surface area contributed by atoms with Gasteiger partial charge < -0.3 is 10.8 Å². The Bertz CT molecular complexity index is 624. The summed E-state index contributed by atoms with van der Waals surface area (Å²) in [5, 5.41) is 13.1. The smallest absolute Gasteiger partial charge is 0.271 e. The normalized spacial score (nSPS) is 10.5. The van der Waals surface area contributed by atoms with Crippen molar-refractivity contribution >= 4 is 17.8 Å². The van der Waals surface area contributed by atoms with Crippen molar-refractivity contribution in [1.82, 2.24) is 5.43 Å². The Morgan fingerprint density at radius 1 is 1.21 bits per heavy atom. The molecule has 0 atom stereocenters. The fourth-order valence-electron chi connectivity index (χ4n) is 1.51. The van der Waals surface area contributed by atoms with E-state index >= 15 is 0 Å². The number of rotatable bonds is 3. The van der Waals surface area contributed by atoms with Crippen molar-refractivity contribution in [3.05, 3.63) is 59.7 Å². The molecule has 0 aliphatic carbocycles. The van der Waals surface area contributed by atoms with Crippen molar-refractivity contribution in [1.29, 1.82) is 0 Å². The zero-order valence-corrected chi connectivity index (χ0v) is 10.1. The summed E-state index contributed by atoms with van der Waals surface area (Å²) in [5.74, 6) is -0.199. The first-order valence-electron chi connectivity index (χ1n) is 5.63. The molecule has 0 bridgehead atoms. The van der Waals surface area contributed by atoms with Gasteiger partial charge >= 0.3 is 0 Å². The van der Waals surface area contributed by atoms with Gasteiger partial charge in [0, 0.05) is 11.3 Å². The van der Waals surface area contributed by atoms with Gasteiger partial charge in [-0.1, -0.05) is 18.2 Å². The number of phenols is 1.